The van der Waals surface area contributed by atoms with Gasteiger partial charge in [-0.25, -0.2) is 4.98 Å². The van der Waals surface area contributed by atoms with Crippen molar-refractivity contribution in [3.8, 4) is 0 Å². The summed E-state index contributed by atoms with van der Waals surface area (Å²) in [5.41, 5.74) is 4.65. The zero-order chi connectivity index (χ0) is 12.3. The molecule has 3 nitrogen and oxygen atoms in total. The molecule has 0 aliphatic rings. The van der Waals surface area contributed by atoms with Gasteiger partial charge >= 0.3 is 6.18 Å². The van der Waals surface area contributed by atoms with Gasteiger partial charge in [0.1, 0.15) is 5.82 Å². The molecule has 0 aliphatic heterocycles. The second-order valence-electron chi connectivity index (χ2n) is 3.41. The summed E-state index contributed by atoms with van der Waals surface area (Å²) >= 11 is 2.95. The number of nitrogens with two attached hydrogens (primary N) is 1. The van der Waals surface area contributed by atoms with Crippen LogP contribution in [0.2, 0.25) is 0 Å². The van der Waals surface area contributed by atoms with Crippen LogP contribution in [0, 0.1) is 0 Å². The number of anilines is 1. The molecule has 1 unspecified atom stereocenters. The van der Waals surface area contributed by atoms with Crippen molar-refractivity contribution < 1.29 is 13.2 Å². The standard InChI is InChI=1S/C9H11BrF3N3/c1-5(14)3-15-8-7(9(11,12)13)2-6(10)4-16-8/h2,4-5H,3,14H2,1H3,(H,15,16). The van der Waals surface area contributed by atoms with E-state index in [-0.39, 0.29) is 22.9 Å². The predicted octanol–water partition coefficient (Wildman–Crippen LogP) is 2.62. The Balaban J connectivity index is 2.99. The van der Waals surface area contributed by atoms with E-state index in [1.165, 1.54) is 6.20 Å². The SMILES string of the molecule is CC(N)CNc1ncc(Br)cc1C(F)(F)F. The Morgan fingerprint density at radius 2 is 2.19 bits per heavy atom. The van der Waals surface area contributed by atoms with Gasteiger partial charge in [0.2, 0.25) is 0 Å². The number of nitrogens with zero attached hydrogens (tertiary/aromatic N) is 1. The van der Waals surface area contributed by atoms with Crippen LogP contribution in [0.1, 0.15) is 12.5 Å². The van der Waals surface area contributed by atoms with E-state index in [4.69, 9.17) is 5.73 Å². The van der Waals surface area contributed by atoms with Gasteiger partial charge < -0.3 is 11.1 Å². The van der Waals surface area contributed by atoms with Crippen LogP contribution in [0.15, 0.2) is 16.7 Å². The zero-order valence-electron chi connectivity index (χ0n) is 8.48. The maximum Gasteiger partial charge on any atom is 0.419 e. The monoisotopic (exact) mass is 297 g/mol. The lowest BCUT2D eigenvalue weighted by atomic mass is 10.2. The Morgan fingerprint density at radius 1 is 1.56 bits per heavy atom. The Bertz CT molecular complexity index is 366. The third-order valence-electron chi connectivity index (χ3n) is 1.75. The molecular formula is C9H11BrF3N3. The van der Waals surface area contributed by atoms with Crippen molar-refractivity contribution in [2.24, 2.45) is 5.73 Å². The summed E-state index contributed by atoms with van der Waals surface area (Å²) < 4.78 is 38.1. The van der Waals surface area contributed by atoms with Gasteiger partial charge in [0.15, 0.2) is 0 Å². The van der Waals surface area contributed by atoms with Crippen LogP contribution in [0.5, 0.6) is 0 Å². The van der Waals surface area contributed by atoms with E-state index in [0.717, 1.165) is 6.07 Å². The molecule has 1 atom stereocenters. The Morgan fingerprint density at radius 3 is 2.69 bits per heavy atom. The molecule has 1 aromatic rings. The molecule has 0 bridgehead atoms. The average molecular weight is 298 g/mol. The van der Waals surface area contributed by atoms with Crippen molar-refractivity contribution in [2.45, 2.75) is 19.1 Å². The number of alkyl halides is 3. The summed E-state index contributed by atoms with van der Waals surface area (Å²) in [5.74, 6) is -0.201. The fourth-order valence-electron chi connectivity index (χ4n) is 1.05. The van der Waals surface area contributed by atoms with Gasteiger partial charge in [-0.1, -0.05) is 0 Å². The van der Waals surface area contributed by atoms with Crippen molar-refractivity contribution in [3.63, 3.8) is 0 Å². The molecule has 0 saturated heterocycles. The highest BCUT2D eigenvalue weighted by molar-refractivity contribution is 9.10. The van der Waals surface area contributed by atoms with Crippen molar-refractivity contribution in [2.75, 3.05) is 11.9 Å². The Hall–Kier alpha value is -0.820. The summed E-state index contributed by atoms with van der Waals surface area (Å²) in [5, 5.41) is 2.57. The molecule has 1 heterocycles. The molecule has 0 saturated carbocycles. The van der Waals surface area contributed by atoms with Crippen LogP contribution in [0.3, 0.4) is 0 Å². The maximum absolute atomic E-state index is 12.6. The molecule has 1 rings (SSSR count). The van der Waals surface area contributed by atoms with Crippen molar-refractivity contribution >= 4 is 21.7 Å². The fourth-order valence-corrected chi connectivity index (χ4v) is 1.39. The minimum Gasteiger partial charge on any atom is -0.368 e. The average Bonchev–Trinajstić information content (AvgIpc) is 2.14. The Kier molecular flexibility index (Phi) is 4.15. The van der Waals surface area contributed by atoms with Crippen molar-refractivity contribution in [3.05, 3.63) is 22.3 Å². The first-order valence-electron chi connectivity index (χ1n) is 4.53. The van der Waals surface area contributed by atoms with Gasteiger partial charge in [-0.15, -0.1) is 0 Å². The molecule has 0 fully saturated rings. The Labute approximate surface area is 99.4 Å². The second-order valence-corrected chi connectivity index (χ2v) is 4.32. The van der Waals surface area contributed by atoms with Crippen LogP contribution < -0.4 is 11.1 Å². The third-order valence-corrected chi connectivity index (χ3v) is 2.18. The number of hydrogen-bond acceptors (Lipinski definition) is 3. The molecule has 0 spiro atoms. The first-order chi connectivity index (χ1) is 7.30. The number of pyridine rings is 1. The number of halogens is 4. The molecule has 16 heavy (non-hydrogen) atoms. The van der Waals surface area contributed by atoms with Crippen LogP contribution in [-0.2, 0) is 6.18 Å². The molecule has 1 aromatic heterocycles. The lowest BCUT2D eigenvalue weighted by Crippen LogP contribution is -2.26. The summed E-state index contributed by atoms with van der Waals surface area (Å²) in [6, 6.07) is 0.739. The number of aromatic nitrogens is 1. The van der Waals surface area contributed by atoms with E-state index in [2.05, 4.69) is 26.2 Å². The van der Waals surface area contributed by atoms with Gasteiger partial charge in [0.25, 0.3) is 0 Å². The van der Waals surface area contributed by atoms with Gasteiger partial charge in [0.05, 0.1) is 5.56 Å². The number of rotatable bonds is 3. The number of hydrogen-bond donors (Lipinski definition) is 2. The highest BCUT2D eigenvalue weighted by atomic mass is 79.9. The molecule has 3 N–H and O–H groups in total. The predicted molar refractivity (Wildman–Crippen MR) is 59.1 cm³/mol. The van der Waals surface area contributed by atoms with Gasteiger partial charge in [-0.3, -0.25) is 0 Å². The van der Waals surface area contributed by atoms with E-state index < -0.39 is 11.7 Å². The number of nitrogens with one attached hydrogen (secondary N) is 1. The smallest absolute Gasteiger partial charge is 0.368 e. The normalized spacial score (nSPS) is 13.6. The minimum atomic E-state index is -4.43. The summed E-state index contributed by atoms with van der Waals surface area (Å²) in [4.78, 5) is 3.68. The van der Waals surface area contributed by atoms with Crippen molar-refractivity contribution in [1.29, 1.82) is 0 Å². The second kappa shape index (κ2) is 5.01. The fraction of sp³-hybridized carbons (Fsp3) is 0.444. The van der Waals surface area contributed by atoms with Crippen LogP contribution in [0.4, 0.5) is 19.0 Å². The molecule has 7 heteroatoms. The van der Waals surface area contributed by atoms with E-state index in [1.54, 1.807) is 6.92 Å². The molecule has 0 radical (unpaired) electrons. The summed E-state index contributed by atoms with van der Waals surface area (Å²) in [7, 11) is 0. The van der Waals surface area contributed by atoms with Crippen LogP contribution in [-0.4, -0.2) is 17.6 Å². The topological polar surface area (TPSA) is 50.9 Å². The molecular weight excluding hydrogens is 287 g/mol. The lowest BCUT2D eigenvalue weighted by Gasteiger charge is -2.14. The highest BCUT2D eigenvalue weighted by Gasteiger charge is 2.34. The van der Waals surface area contributed by atoms with Crippen LogP contribution in [0.25, 0.3) is 0 Å². The third kappa shape index (κ3) is 3.64. The largest absolute Gasteiger partial charge is 0.419 e. The van der Waals surface area contributed by atoms with E-state index in [0.29, 0.717) is 0 Å². The molecule has 0 aromatic carbocycles. The first kappa shape index (κ1) is 13.2. The summed E-state index contributed by atoms with van der Waals surface area (Å²) in [6.07, 6.45) is -3.13. The van der Waals surface area contributed by atoms with Gasteiger partial charge in [0, 0.05) is 23.3 Å². The van der Waals surface area contributed by atoms with Crippen LogP contribution >= 0.6 is 15.9 Å². The maximum atomic E-state index is 12.6. The van der Waals surface area contributed by atoms with Gasteiger partial charge in [-0.05, 0) is 28.9 Å². The summed E-state index contributed by atoms with van der Waals surface area (Å²) in [6.45, 7) is 1.93. The quantitative estimate of drug-likeness (QED) is 0.902. The van der Waals surface area contributed by atoms with E-state index in [1.807, 2.05) is 0 Å². The minimum absolute atomic E-state index is 0.201. The van der Waals surface area contributed by atoms with E-state index in [9.17, 15) is 13.2 Å². The lowest BCUT2D eigenvalue weighted by molar-refractivity contribution is -0.137. The first-order valence-corrected chi connectivity index (χ1v) is 5.32. The van der Waals surface area contributed by atoms with Gasteiger partial charge in [-0.2, -0.15) is 13.2 Å². The molecule has 90 valence electrons. The zero-order valence-corrected chi connectivity index (χ0v) is 10.1. The van der Waals surface area contributed by atoms with Crippen molar-refractivity contribution in [1.82, 2.24) is 4.98 Å². The molecule has 0 aliphatic carbocycles. The molecule has 0 amide bonds. The highest BCUT2D eigenvalue weighted by Crippen LogP contribution is 2.35. The van der Waals surface area contributed by atoms with E-state index >= 15 is 0 Å².